The van der Waals surface area contributed by atoms with Crippen LogP contribution in [0.3, 0.4) is 0 Å². The van der Waals surface area contributed by atoms with Crippen LogP contribution in [0.1, 0.15) is 124 Å². The molecular formula is C70H84Cl2FN11O8. The van der Waals surface area contributed by atoms with E-state index in [0.29, 0.717) is 173 Å². The summed E-state index contributed by atoms with van der Waals surface area (Å²) in [5, 5.41) is 5.88. The molecule has 2 aromatic heterocycles. The number of nitrogens with two attached hydrogens (primary N) is 1. The van der Waals surface area contributed by atoms with Gasteiger partial charge in [0, 0.05) is 86.5 Å². The molecule has 6 heterocycles. The number of urea groups is 1. The summed E-state index contributed by atoms with van der Waals surface area (Å²) in [6, 6.07) is 27.4. The number of hydrogen-bond acceptors (Lipinski definition) is 14. The molecule has 4 aromatic carbocycles. The Labute approximate surface area is 549 Å². The van der Waals surface area contributed by atoms with Crippen LogP contribution in [0.5, 0.6) is 5.75 Å². The maximum absolute atomic E-state index is 15.5. The number of pyridine rings is 1. The maximum atomic E-state index is 15.5. The molecule has 3 atom stereocenters. The summed E-state index contributed by atoms with van der Waals surface area (Å²) < 4.78 is 46.1. The molecule has 2 fully saturated rings. The van der Waals surface area contributed by atoms with Gasteiger partial charge >= 0.3 is 11.8 Å². The van der Waals surface area contributed by atoms with E-state index in [4.69, 9.17) is 64.2 Å². The zero-order valence-electron chi connectivity index (χ0n) is 53.8. The predicted molar refractivity (Wildman–Crippen MR) is 355 cm³/mol. The number of hydrogen-bond donors (Lipinski definition) is 1. The Morgan fingerprint density at radius 1 is 0.793 bits per heavy atom. The van der Waals surface area contributed by atoms with Crippen molar-refractivity contribution >= 4 is 64.1 Å². The van der Waals surface area contributed by atoms with Gasteiger partial charge in [0.2, 0.25) is 0 Å². The second kappa shape index (κ2) is 29.6. The lowest BCUT2D eigenvalue weighted by atomic mass is 9.71. The molecule has 2 bridgehead atoms. The number of Topliss-reactive ketones (excluding diaryl/α,β-unsaturated/α-hetero) is 1. The number of ketones is 1. The molecule has 488 valence electrons. The second-order valence-corrected chi connectivity index (χ2v) is 26.0. The van der Waals surface area contributed by atoms with E-state index in [-0.39, 0.29) is 61.0 Å². The summed E-state index contributed by atoms with van der Waals surface area (Å²) in [5.74, 6) is 0.958. The molecule has 0 spiro atoms. The van der Waals surface area contributed by atoms with Gasteiger partial charge < -0.3 is 49.0 Å². The molecule has 92 heavy (non-hydrogen) atoms. The number of halogens is 3. The van der Waals surface area contributed by atoms with Crippen LogP contribution in [-0.4, -0.2) is 164 Å². The number of piperazine rings is 1. The van der Waals surface area contributed by atoms with E-state index in [9.17, 15) is 14.0 Å². The fourth-order valence-electron chi connectivity index (χ4n) is 12.9. The molecule has 0 unspecified atom stereocenters. The number of aliphatic imine (C=N–C) groups is 1. The number of rotatable bonds is 24. The first kappa shape index (κ1) is 67.4. The fourth-order valence-corrected chi connectivity index (χ4v) is 13.2. The minimum absolute atomic E-state index is 0.0254. The molecule has 19 nitrogen and oxygen atoms in total. The monoisotopic (exact) mass is 1300 g/mol. The molecule has 3 amide bonds. The molecule has 2 saturated heterocycles. The SMILES string of the molecule is [C-]#[N+]c1nn(CCCC(=O)CCOCCOCCOCCOCCN2CCN(C(=O)N3C(c4ccc(C(C)(C)C)cc4OCC)=N[C@@](C)(c4ccc(Cl)cc4)[C@@]3(C)c3ccc(Cl)cc3)CC2)c2c1-c1cnc(N)c(c1)N1CCC[C@@H]1c1cc(F)ccc1C(=O)N(C)C2. The largest absolute Gasteiger partial charge is 0.493 e. The topological polar surface area (TPSA) is 187 Å². The molecule has 0 aliphatic carbocycles. The highest BCUT2D eigenvalue weighted by molar-refractivity contribution is 6.30. The predicted octanol–water partition coefficient (Wildman–Crippen LogP) is 12.3. The molecule has 22 heteroatoms. The van der Waals surface area contributed by atoms with E-state index in [1.54, 1.807) is 22.8 Å². The highest BCUT2D eigenvalue weighted by Crippen LogP contribution is 2.54. The molecular weight excluding hydrogens is 1210 g/mol. The molecule has 6 aromatic rings. The van der Waals surface area contributed by atoms with Crippen molar-refractivity contribution < 1.29 is 42.5 Å². The van der Waals surface area contributed by atoms with E-state index in [2.05, 4.69) is 71.5 Å². The molecule has 2 N–H and O–H groups in total. The first-order chi connectivity index (χ1) is 44.2. The minimum Gasteiger partial charge on any atom is -0.493 e. The van der Waals surface area contributed by atoms with Crippen molar-refractivity contribution in [2.75, 3.05) is 116 Å². The molecule has 4 aliphatic heterocycles. The Hall–Kier alpha value is -7.48. The van der Waals surface area contributed by atoms with Crippen molar-refractivity contribution in [3.8, 4) is 16.9 Å². The van der Waals surface area contributed by atoms with Crippen LogP contribution in [0, 0.1) is 12.4 Å². The van der Waals surface area contributed by atoms with E-state index >= 15 is 4.79 Å². The highest BCUT2D eigenvalue weighted by atomic mass is 35.5. The van der Waals surface area contributed by atoms with Gasteiger partial charge in [-0.2, -0.15) is 4.68 Å². The first-order valence-corrected chi connectivity index (χ1v) is 32.6. The smallest absolute Gasteiger partial charge is 0.326 e. The third kappa shape index (κ3) is 14.6. The number of carbonyl (C=O) groups is 3. The zero-order chi connectivity index (χ0) is 65.3. The number of amides is 3. The van der Waals surface area contributed by atoms with E-state index in [1.165, 1.54) is 18.2 Å². The van der Waals surface area contributed by atoms with Crippen molar-refractivity contribution in [2.45, 2.75) is 109 Å². The summed E-state index contributed by atoms with van der Waals surface area (Å²) in [6.45, 7) is 28.3. The van der Waals surface area contributed by atoms with Gasteiger partial charge in [-0.15, -0.1) is 0 Å². The average molecular weight is 1300 g/mol. The Morgan fingerprint density at radius 3 is 2.09 bits per heavy atom. The van der Waals surface area contributed by atoms with Crippen molar-refractivity contribution in [2.24, 2.45) is 4.99 Å². The number of fused-ring (bicyclic) bond motifs is 8. The average Bonchev–Trinajstić information content (AvgIpc) is 1.52. The van der Waals surface area contributed by atoms with Gasteiger partial charge in [-0.25, -0.2) is 14.2 Å². The third-order valence-electron chi connectivity index (χ3n) is 18.2. The zero-order valence-corrected chi connectivity index (χ0v) is 55.3. The lowest BCUT2D eigenvalue weighted by Gasteiger charge is -2.47. The van der Waals surface area contributed by atoms with Gasteiger partial charge in [-0.3, -0.25) is 24.4 Å². The number of aryl methyl sites for hydroxylation is 1. The summed E-state index contributed by atoms with van der Waals surface area (Å²) >= 11 is 13.0. The molecule has 4 aliphatic rings. The summed E-state index contributed by atoms with van der Waals surface area (Å²) in [5.41, 5.74) is 11.4. The Kier molecular flexibility index (Phi) is 21.7. The van der Waals surface area contributed by atoms with Crippen LogP contribution in [0.15, 0.2) is 102 Å². The van der Waals surface area contributed by atoms with Crippen molar-refractivity contribution in [3.05, 3.63) is 164 Å². The van der Waals surface area contributed by atoms with Crippen LogP contribution < -0.4 is 15.4 Å². The van der Waals surface area contributed by atoms with Gasteiger partial charge in [0.05, 0.1) is 95.5 Å². The van der Waals surface area contributed by atoms with Gasteiger partial charge in [0.15, 0.2) is 0 Å². The van der Waals surface area contributed by atoms with Crippen LogP contribution >= 0.6 is 23.2 Å². The normalized spacial score (nSPS) is 19.2. The van der Waals surface area contributed by atoms with Gasteiger partial charge in [-0.1, -0.05) is 80.9 Å². The number of anilines is 2. The molecule has 10 rings (SSSR count). The number of benzene rings is 4. The van der Waals surface area contributed by atoms with E-state index < -0.39 is 16.9 Å². The first-order valence-electron chi connectivity index (χ1n) is 31.8. The standard InChI is InChI=1S/C70H84Cl2FN11O8/c1-9-92-61-43-50(68(2,3)4)18-24-56(61)65-77-69(5,48-14-19-51(71)20-15-48)70(6,49-16-21-52(72)22-17-49)84(65)67(87)81-31-29-80(30-32-81)33-35-89-37-39-91-41-40-90-38-36-88-34-26-54(85)12-10-28-83-60-46-79(8)66(86)55-25-23-53(73)44-57(55)58-13-11-27-82(58)59-42-47(45-76-63(59)74)62(60)64(75-7)78-83/h14-25,42-45,58H,9-13,26-41,46H2,1-6,8H3,(H2,74,76)/t58-,69+,70-/m1/s1. The number of aromatic nitrogens is 3. The van der Waals surface area contributed by atoms with Crippen molar-refractivity contribution in [1.82, 2.24) is 34.4 Å². The quantitative estimate of drug-likeness (QED) is 0.0446. The minimum atomic E-state index is -1.03. The number of nitrogens with zero attached hydrogens (tertiary/aromatic N) is 10. The molecule has 0 radical (unpaired) electrons. The lowest BCUT2D eigenvalue weighted by molar-refractivity contribution is -0.120. The lowest BCUT2D eigenvalue weighted by Crippen LogP contribution is -2.60. The van der Waals surface area contributed by atoms with Crippen LogP contribution in [0.25, 0.3) is 16.0 Å². The van der Waals surface area contributed by atoms with Gasteiger partial charge in [0.1, 0.15) is 40.1 Å². The fraction of sp³-hybridized carbons (Fsp3) is 0.471. The Balaban J connectivity index is 0.640. The number of carbonyl (C=O) groups excluding carboxylic acids is 3. The van der Waals surface area contributed by atoms with Crippen molar-refractivity contribution in [1.29, 1.82) is 0 Å². The maximum Gasteiger partial charge on any atom is 0.326 e. The second-order valence-electron chi connectivity index (χ2n) is 25.1. The van der Waals surface area contributed by atoms with Crippen LogP contribution in [-0.2, 0) is 53.3 Å². The summed E-state index contributed by atoms with van der Waals surface area (Å²) in [7, 11) is 1.68. The van der Waals surface area contributed by atoms with Gasteiger partial charge in [-0.05, 0) is 139 Å². The van der Waals surface area contributed by atoms with Gasteiger partial charge in [0.25, 0.3) is 5.91 Å². The Morgan fingerprint density at radius 2 is 1.43 bits per heavy atom. The number of nitrogen functional groups attached to an aromatic ring is 1. The summed E-state index contributed by atoms with van der Waals surface area (Å²) in [6.07, 6.45) is 4.08. The van der Waals surface area contributed by atoms with Crippen LogP contribution in [0.2, 0.25) is 10.0 Å². The van der Waals surface area contributed by atoms with E-state index in [1.807, 2.05) is 77.4 Å². The third-order valence-corrected chi connectivity index (χ3v) is 18.7. The highest BCUT2D eigenvalue weighted by Gasteiger charge is 2.60. The van der Waals surface area contributed by atoms with Crippen LogP contribution in [0.4, 0.5) is 26.5 Å². The Bertz CT molecular complexity index is 3680. The van der Waals surface area contributed by atoms with E-state index in [0.717, 1.165) is 28.7 Å². The van der Waals surface area contributed by atoms with Crippen molar-refractivity contribution in [3.63, 3.8) is 0 Å². The number of ether oxygens (including phenoxy) is 5. The molecule has 0 saturated carbocycles. The summed E-state index contributed by atoms with van der Waals surface area (Å²) in [4.78, 5) is 66.4. The number of amidine groups is 1.